The first kappa shape index (κ1) is 23.4. The van der Waals surface area contributed by atoms with Crippen molar-refractivity contribution in [2.24, 2.45) is 5.92 Å². The molecular formula is C27H28N4O3. The molecule has 1 aliphatic heterocycles. The van der Waals surface area contributed by atoms with E-state index in [0.717, 1.165) is 35.0 Å². The number of nitrogens with zero attached hydrogens (tertiary/aromatic N) is 2. The van der Waals surface area contributed by atoms with Crippen LogP contribution in [0.25, 0.3) is 10.9 Å². The van der Waals surface area contributed by atoms with Gasteiger partial charge in [0, 0.05) is 29.7 Å². The lowest BCUT2D eigenvalue weighted by atomic mass is 9.98. The molecule has 0 spiro atoms. The number of terminal acetylenes is 1. The number of aromatic nitrogens is 1. The Labute approximate surface area is 199 Å². The second-order valence-corrected chi connectivity index (χ2v) is 8.58. The number of likely N-dealkylation sites (tertiary alicyclic amines) is 1. The van der Waals surface area contributed by atoms with Crippen molar-refractivity contribution in [2.45, 2.75) is 25.8 Å². The molecule has 2 heterocycles. The van der Waals surface area contributed by atoms with E-state index in [0.29, 0.717) is 25.2 Å². The topological polar surface area (TPSA) is 94.6 Å². The number of benzene rings is 2. The highest BCUT2D eigenvalue weighted by Crippen LogP contribution is 2.22. The average molecular weight is 457 g/mol. The van der Waals surface area contributed by atoms with Gasteiger partial charge >= 0.3 is 0 Å². The summed E-state index contributed by atoms with van der Waals surface area (Å²) in [6, 6.07) is 17.3. The molecule has 3 aromatic rings. The van der Waals surface area contributed by atoms with Gasteiger partial charge in [-0.25, -0.2) is 5.48 Å². The lowest BCUT2D eigenvalue weighted by molar-refractivity contribution is -0.133. The first-order valence-corrected chi connectivity index (χ1v) is 11.4. The van der Waals surface area contributed by atoms with Crippen molar-refractivity contribution in [3.63, 3.8) is 0 Å². The third-order valence-corrected chi connectivity index (χ3v) is 6.30. The summed E-state index contributed by atoms with van der Waals surface area (Å²) in [6.07, 6.45) is 6.99. The van der Waals surface area contributed by atoms with E-state index >= 15 is 0 Å². The van der Waals surface area contributed by atoms with E-state index < -0.39 is 17.9 Å². The molecule has 2 amide bonds. The lowest BCUT2D eigenvalue weighted by Gasteiger charge is -2.18. The smallest absolute Gasteiger partial charge is 0.251 e. The third kappa shape index (κ3) is 5.09. The Morgan fingerprint density at radius 1 is 1.18 bits per heavy atom. The van der Waals surface area contributed by atoms with E-state index in [2.05, 4.69) is 30.3 Å². The summed E-state index contributed by atoms with van der Waals surface area (Å²) in [5, 5.41) is 13.1. The van der Waals surface area contributed by atoms with Crippen molar-refractivity contribution < 1.29 is 14.8 Å². The van der Waals surface area contributed by atoms with Crippen LogP contribution >= 0.6 is 0 Å². The summed E-state index contributed by atoms with van der Waals surface area (Å²) >= 11 is 0. The number of carbonyl (C=O) groups excluding carboxylic acids is 2. The van der Waals surface area contributed by atoms with Crippen LogP contribution in [0.3, 0.4) is 0 Å². The summed E-state index contributed by atoms with van der Waals surface area (Å²) in [5.74, 6) is 1.18. The van der Waals surface area contributed by atoms with E-state index in [1.165, 1.54) is 5.56 Å². The molecule has 1 aromatic heterocycles. The quantitative estimate of drug-likeness (QED) is 0.289. The number of rotatable bonds is 7. The minimum atomic E-state index is -0.575. The van der Waals surface area contributed by atoms with Crippen LogP contribution in [0.5, 0.6) is 0 Å². The van der Waals surface area contributed by atoms with E-state index in [-0.39, 0.29) is 5.91 Å². The van der Waals surface area contributed by atoms with Crippen molar-refractivity contribution in [2.75, 3.05) is 19.6 Å². The number of nitrogens with one attached hydrogen (secondary N) is 2. The lowest BCUT2D eigenvalue weighted by Crippen LogP contribution is -2.45. The predicted molar refractivity (Wildman–Crippen MR) is 130 cm³/mol. The Hall–Kier alpha value is -3.73. The van der Waals surface area contributed by atoms with Crippen LogP contribution in [0, 0.1) is 18.3 Å². The Balaban J connectivity index is 1.48. The first-order valence-electron chi connectivity index (χ1n) is 11.4. The molecule has 0 unspecified atom stereocenters. The zero-order chi connectivity index (χ0) is 24.1. The van der Waals surface area contributed by atoms with Gasteiger partial charge in [0.2, 0.25) is 5.91 Å². The molecule has 174 valence electrons. The second-order valence-electron chi connectivity index (χ2n) is 8.58. The average Bonchev–Trinajstić information content (AvgIpc) is 3.26. The molecule has 3 N–H and O–H groups in total. The highest BCUT2D eigenvalue weighted by molar-refractivity contribution is 5.95. The van der Waals surface area contributed by atoms with Gasteiger partial charge in [-0.1, -0.05) is 43.2 Å². The van der Waals surface area contributed by atoms with Crippen LogP contribution < -0.4 is 10.8 Å². The molecule has 7 nitrogen and oxygen atoms in total. The number of hydrogen-bond acceptors (Lipinski definition) is 5. The standard InChI is InChI=1S/C27H28N4O3/c1-3-13-31-16-23(27(33)30-34)25(17-31)29-26(32)19-11-9-18(10-12-19)14-20-15-21(4-2)28-24-8-6-5-7-22(20)24/h1,5-12,15,23,25,34H,4,13-14,16-17H2,2H3,(H,29,32)(H,30,33)/t23-,25+/m0/s1. The molecule has 1 aliphatic rings. The van der Waals surface area contributed by atoms with Crippen LogP contribution in [0.4, 0.5) is 0 Å². The van der Waals surface area contributed by atoms with Crippen molar-refractivity contribution in [1.82, 2.24) is 20.7 Å². The van der Waals surface area contributed by atoms with E-state index in [1.807, 2.05) is 35.2 Å². The molecule has 2 atom stereocenters. The maximum atomic E-state index is 12.9. The molecule has 0 radical (unpaired) electrons. The number of fused-ring (bicyclic) bond motifs is 1. The SMILES string of the molecule is C#CCN1C[C@H](C(=O)NO)[C@H](NC(=O)c2ccc(Cc3cc(CC)nc4ccccc34)cc2)C1. The predicted octanol–water partition coefficient (Wildman–Crippen LogP) is 2.56. The van der Waals surface area contributed by atoms with Gasteiger partial charge in [-0.2, -0.15) is 0 Å². The summed E-state index contributed by atoms with van der Waals surface area (Å²) in [6.45, 7) is 3.29. The summed E-state index contributed by atoms with van der Waals surface area (Å²) in [7, 11) is 0. The van der Waals surface area contributed by atoms with Gasteiger partial charge in [0.15, 0.2) is 0 Å². The largest absolute Gasteiger partial charge is 0.347 e. The zero-order valence-corrected chi connectivity index (χ0v) is 19.1. The Morgan fingerprint density at radius 2 is 1.94 bits per heavy atom. The fraction of sp³-hybridized carbons (Fsp3) is 0.296. The van der Waals surface area contributed by atoms with E-state index in [1.54, 1.807) is 17.6 Å². The van der Waals surface area contributed by atoms with Gasteiger partial charge < -0.3 is 5.32 Å². The van der Waals surface area contributed by atoms with E-state index in [4.69, 9.17) is 16.6 Å². The fourth-order valence-electron chi connectivity index (χ4n) is 4.52. The van der Waals surface area contributed by atoms with Crippen LogP contribution in [-0.4, -0.2) is 52.6 Å². The molecule has 4 rings (SSSR count). The van der Waals surface area contributed by atoms with Crippen molar-refractivity contribution in [3.05, 3.63) is 77.0 Å². The molecule has 2 aromatic carbocycles. The van der Waals surface area contributed by atoms with Gasteiger partial charge in [-0.15, -0.1) is 6.42 Å². The van der Waals surface area contributed by atoms with Crippen LogP contribution in [-0.2, 0) is 17.6 Å². The third-order valence-electron chi connectivity index (χ3n) is 6.30. The fourth-order valence-corrected chi connectivity index (χ4v) is 4.52. The Morgan fingerprint density at radius 3 is 2.65 bits per heavy atom. The van der Waals surface area contributed by atoms with Gasteiger partial charge in [0.05, 0.1) is 24.0 Å². The number of pyridine rings is 1. The number of carbonyl (C=O) groups is 2. The number of amides is 2. The number of hydrogen-bond donors (Lipinski definition) is 3. The molecule has 0 aliphatic carbocycles. The monoisotopic (exact) mass is 456 g/mol. The van der Waals surface area contributed by atoms with Gasteiger partial charge in [0.1, 0.15) is 0 Å². The van der Waals surface area contributed by atoms with Crippen molar-refractivity contribution in [3.8, 4) is 12.3 Å². The van der Waals surface area contributed by atoms with Crippen molar-refractivity contribution >= 4 is 22.7 Å². The number of hydroxylamine groups is 1. The Bertz CT molecular complexity index is 1230. The second kappa shape index (κ2) is 10.5. The molecule has 34 heavy (non-hydrogen) atoms. The molecule has 0 bridgehead atoms. The number of aryl methyl sites for hydroxylation is 1. The highest BCUT2D eigenvalue weighted by atomic mass is 16.5. The molecule has 0 saturated carbocycles. The normalized spacial score (nSPS) is 17.9. The maximum Gasteiger partial charge on any atom is 0.251 e. The molecule has 1 saturated heterocycles. The van der Waals surface area contributed by atoms with Gasteiger partial charge in [0.25, 0.3) is 5.91 Å². The van der Waals surface area contributed by atoms with E-state index in [9.17, 15) is 9.59 Å². The molecule has 1 fully saturated rings. The van der Waals surface area contributed by atoms with Gasteiger partial charge in [-0.05, 0) is 48.2 Å². The highest BCUT2D eigenvalue weighted by Gasteiger charge is 2.38. The minimum absolute atomic E-state index is 0.266. The number of para-hydroxylation sites is 1. The van der Waals surface area contributed by atoms with Crippen molar-refractivity contribution in [1.29, 1.82) is 0 Å². The first-order chi connectivity index (χ1) is 16.5. The molecule has 7 heteroatoms. The summed E-state index contributed by atoms with van der Waals surface area (Å²) in [5.41, 5.74) is 6.55. The minimum Gasteiger partial charge on any atom is -0.347 e. The van der Waals surface area contributed by atoms with Crippen LogP contribution in [0.1, 0.15) is 34.1 Å². The zero-order valence-electron chi connectivity index (χ0n) is 19.1. The molecular weight excluding hydrogens is 428 g/mol. The summed E-state index contributed by atoms with van der Waals surface area (Å²) in [4.78, 5) is 31.5. The summed E-state index contributed by atoms with van der Waals surface area (Å²) < 4.78 is 0. The van der Waals surface area contributed by atoms with Crippen LogP contribution in [0.15, 0.2) is 54.6 Å². The van der Waals surface area contributed by atoms with Crippen LogP contribution in [0.2, 0.25) is 0 Å². The Kier molecular flexibility index (Phi) is 7.21. The van der Waals surface area contributed by atoms with Gasteiger partial charge in [-0.3, -0.25) is 24.7 Å². The maximum absolute atomic E-state index is 12.9.